The summed E-state index contributed by atoms with van der Waals surface area (Å²) >= 11 is 4.71. The van der Waals surface area contributed by atoms with Gasteiger partial charge in [0.25, 0.3) is 5.91 Å². The first kappa shape index (κ1) is 22.5. The molecule has 6 nitrogen and oxygen atoms in total. The van der Waals surface area contributed by atoms with Crippen LogP contribution in [0.4, 0.5) is 5.00 Å². The third-order valence-electron chi connectivity index (χ3n) is 4.97. The smallest absolute Gasteiger partial charge is 0.341 e. The molecule has 1 aromatic heterocycles. The lowest BCUT2D eigenvalue weighted by molar-refractivity contribution is -0.123. The third-order valence-corrected chi connectivity index (χ3v) is 6.84. The molecule has 1 heterocycles. The summed E-state index contributed by atoms with van der Waals surface area (Å²) in [7, 11) is 0. The molecule has 2 atom stereocenters. The molecule has 0 saturated heterocycles. The molecule has 0 radical (unpaired) electrons. The second kappa shape index (κ2) is 9.75. The van der Waals surface area contributed by atoms with Crippen molar-refractivity contribution in [3.05, 3.63) is 50.3 Å². The van der Waals surface area contributed by atoms with E-state index in [1.807, 2.05) is 0 Å². The fraction of sp³-hybridized carbons (Fsp3) is 0.409. The van der Waals surface area contributed by atoms with E-state index in [9.17, 15) is 14.4 Å². The number of ether oxygens (including phenoxy) is 2. The lowest BCUT2D eigenvalue weighted by Gasteiger charge is -2.18. The number of hydrogen-bond acceptors (Lipinski definition) is 6. The van der Waals surface area contributed by atoms with Crippen molar-refractivity contribution in [1.82, 2.24) is 0 Å². The minimum absolute atomic E-state index is 0.257. The average molecular weight is 494 g/mol. The summed E-state index contributed by atoms with van der Waals surface area (Å²) in [5.74, 6) is -1.00. The molecule has 1 N–H and O–H groups in total. The van der Waals surface area contributed by atoms with Crippen LogP contribution >= 0.6 is 27.3 Å². The first-order chi connectivity index (χ1) is 14.3. The number of carbonyl (C=O) groups is 3. The number of fused-ring (bicyclic) bond motifs is 1. The maximum absolute atomic E-state index is 12.7. The molecule has 30 heavy (non-hydrogen) atoms. The fourth-order valence-corrected chi connectivity index (χ4v) is 5.22. The van der Waals surface area contributed by atoms with E-state index in [1.54, 1.807) is 31.2 Å². The number of halogens is 1. The lowest BCUT2D eigenvalue weighted by atomic mass is 9.88. The van der Waals surface area contributed by atoms with Crippen LogP contribution in [0.3, 0.4) is 0 Å². The molecule has 160 valence electrons. The number of anilines is 1. The van der Waals surface area contributed by atoms with Crippen molar-refractivity contribution in [3.63, 3.8) is 0 Å². The summed E-state index contributed by atoms with van der Waals surface area (Å²) in [6, 6.07) is 6.84. The standard InChI is InChI=1S/C22H24BrNO5S/c1-4-28-22(27)18-15-10-9-12(2)11-17(15)30-20(18)24-19(25)13(3)29-21(26)14-7-5-6-8-16(14)23/h5-8,12-13H,4,9-11H2,1-3H3,(H,24,25). The van der Waals surface area contributed by atoms with Crippen LogP contribution < -0.4 is 5.32 Å². The number of amides is 1. The minimum Gasteiger partial charge on any atom is -0.462 e. The molecular formula is C22H24BrNO5S. The van der Waals surface area contributed by atoms with E-state index in [0.717, 1.165) is 29.7 Å². The molecule has 0 aliphatic heterocycles. The second-order valence-corrected chi connectivity index (χ2v) is 9.25. The fourth-order valence-electron chi connectivity index (χ4n) is 3.38. The van der Waals surface area contributed by atoms with Crippen molar-refractivity contribution in [2.75, 3.05) is 11.9 Å². The Kier molecular flexibility index (Phi) is 7.31. The van der Waals surface area contributed by atoms with E-state index in [2.05, 4.69) is 28.2 Å². The number of rotatable bonds is 6. The maximum Gasteiger partial charge on any atom is 0.341 e. The monoisotopic (exact) mass is 493 g/mol. The van der Waals surface area contributed by atoms with E-state index < -0.39 is 23.9 Å². The highest BCUT2D eigenvalue weighted by molar-refractivity contribution is 9.10. The molecule has 1 aliphatic rings. The van der Waals surface area contributed by atoms with Crippen molar-refractivity contribution in [2.45, 2.75) is 46.1 Å². The van der Waals surface area contributed by atoms with Crippen LogP contribution in [-0.4, -0.2) is 30.6 Å². The predicted molar refractivity (Wildman–Crippen MR) is 119 cm³/mol. The molecule has 0 bridgehead atoms. The van der Waals surface area contributed by atoms with Crippen LogP contribution in [0.15, 0.2) is 28.7 Å². The van der Waals surface area contributed by atoms with E-state index in [4.69, 9.17) is 9.47 Å². The van der Waals surface area contributed by atoms with Crippen LogP contribution in [0.1, 0.15) is 58.3 Å². The van der Waals surface area contributed by atoms with Gasteiger partial charge in [-0.25, -0.2) is 9.59 Å². The van der Waals surface area contributed by atoms with Gasteiger partial charge in [-0.2, -0.15) is 0 Å². The number of esters is 2. The Balaban J connectivity index is 1.78. The zero-order valence-electron chi connectivity index (χ0n) is 17.1. The average Bonchev–Trinajstić information content (AvgIpc) is 3.05. The summed E-state index contributed by atoms with van der Waals surface area (Å²) in [6.07, 6.45) is 1.61. The Hall–Kier alpha value is -2.19. The summed E-state index contributed by atoms with van der Waals surface area (Å²) in [4.78, 5) is 38.8. The summed E-state index contributed by atoms with van der Waals surface area (Å²) in [5, 5.41) is 3.24. The number of carbonyl (C=O) groups excluding carboxylic acids is 3. The third kappa shape index (κ3) is 4.92. The molecule has 0 fully saturated rings. The van der Waals surface area contributed by atoms with Crippen molar-refractivity contribution in [3.8, 4) is 0 Å². The SMILES string of the molecule is CCOC(=O)c1c(NC(=O)C(C)OC(=O)c2ccccc2Br)sc2c1CCC(C)C2. The molecule has 0 saturated carbocycles. The van der Waals surface area contributed by atoms with Gasteiger partial charge in [0.1, 0.15) is 5.00 Å². The molecule has 1 aliphatic carbocycles. The Morgan fingerprint density at radius 3 is 2.70 bits per heavy atom. The normalized spacial score (nSPS) is 16.3. The molecule has 1 aromatic carbocycles. The van der Waals surface area contributed by atoms with E-state index >= 15 is 0 Å². The van der Waals surface area contributed by atoms with Crippen LogP contribution in [0.5, 0.6) is 0 Å². The van der Waals surface area contributed by atoms with Gasteiger partial charge in [0.2, 0.25) is 0 Å². The summed E-state index contributed by atoms with van der Waals surface area (Å²) in [5.41, 5.74) is 1.73. The van der Waals surface area contributed by atoms with Gasteiger partial charge >= 0.3 is 11.9 Å². The van der Waals surface area contributed by atoms with Gasteiger partial charge in [0.05, 0.1) is 17.7 Å². The van der Waals surface area contributed by atoms with E-state index in [-0.39, 0.29) is 6.61 Å². The molecule has 0 spiro atoms. The van der Waals surface area contributed by atoms with Crippen molar-refractivity contribution in [2.24, 2.45) is 5.92 Å². The van der Waals surface area contributed by atoms with Gasteiger partial charge in [0.15, 0.2) is 6.10 Å². The Bertz CT molecular complexity index is 970. The zero-order chi connectivity index (χ0) is 21.8. The van der Waals surface area contributed by atoms with Crippen molar-refractivity contribution >= 4 is 50.1 Å². The van der Waals surface area contributed by atoms with Crippen LogP contribution in [0, 0.1) is 5.92 Å². The zero-order valence-corrected chi connectivity index (χ0v) is 19.5. The Labute approximate surface area is 188 Å². The highest BCUT2D eigenvalue weighted by atomic mass is 79.9. The molecule has 3 rings (SSSR count). The van der Waals surface area contributed by atoms with Crippen molar-refractivity contribution in [1.29, 1.82) is 0 Å². The van der Waals surface area contributed by atoms with Crippen LogP contribution in [-0.2, 0) is 27.1 Å². The predicted octanol–water partition coefficient (Wildman–Crippen LogP) is 5.00. The first-order valence-corrected chi connectivity index (χ1v) is 11.5. The lowest BCUT2D eigenvalue weighted by Crippen LogP contribution is -2.30. The molecule has 8 heteroatoms. The summed E-state index contributed by atoms with van der Waals surface area (Å²) in [6.45, 7) is 5.69. The van der Waals surface area contributed by atoms with Gasteiger partial charge in [-0.3, -0.25) is 4.79 Å². The topological polar surface area (TPSA) is 81.7 Å². The van der Waals surface area contributed by atoms with Gasteiger partial charge in [-0.05, 0) is 72.7 Å². The van der Waals surface area contributed by atoms with Crippen molar-refractivity contribution < 1.29 is 23.9 Å². The highest BCUT2D eigenvalue weighted by Crippen LogP contribution is 2.40. The molecule has 1 amide bonds. The Morgan fingerprint density at radius 2 is 2.00 bits per heavy atom. The van der Waals surface area contributed by atoms with Gasteiger partial charge < -0.3 is 14.8 Å². The Morgan fingerprint density at radius 1 is 1.27 bits per heavy atom. The molecular weight excluding hydrogens is 470 g/mol. The van der Waals surface area contributed by atoms with Gasteiger partial charge in [0, 0.05) is 9.35 Å². The quantitative estimate of drug-likeness (QED) is 0.572. The van der Waals surface area contributed by atoms with E-state index in [1.165, 1.54) is 18.3 Å². The number of hydrogen-bond donors (Lipinski definition) is 1. The van der Waals surface area contributed by atoms with Gasteiger partial charge in [-0.15, -0.1) is 11.3 Å². The summed E-state index contributed by atoms with van der Waals surface area (Å²) < 4.78 is 11.1. The highest BCUT2D eigenvalue weighted by Gasteiger charge is 2.30. The van der Waals surface area contributed by atoms with Gasteiger partial charge in [-0.1, -0.05) is 19.1 Å². The largest absolute Gasteiger partial charge is 0.462 e. The minimum atomic E-state index is -1.03. The molecule has 2 aromatic rings. The van der Waals surface area contributed by atoms with Crippen LogP contribution in [0.25, 0.3) is 0 Å². The number of nitrogens with one attached hydrogen (secondary N) is 1. The first-order valence-electron chi connectivity index (χ1n) is 9.89. The van der Waals surface area contributed by atoms with Crippen LogP contribution in [0.2, 0.25) is 0 Å². The maximum atomic E-state index is 12.7. The number of thiophene rings is 1. The second-order valence-electron chi connectivity index (χ2n) is 7.29. The number of benzene rings is 1. The molecule has 2 unspecified atom stereocenters. The van der Waals surface area contributed by atoms with E-state index in [0.29, 0.717) is 26.5 Å².